The van der Waals surface area contributed by atoms with E-state index in [-0.39, 0.29) is 26.4 Å². The van der Waals surface area contributed by atoms with Crippen LogP contribution in [0.4, 0.5) is 0 Å². The summed E-state index contributed by atoms with van der Waals surface area (Å²) in [6.45, 7) is 0.997. The number of ether oxygens (including phenoxy) is 3. The molecule has 0 aliphatic carbocycles. The Morgan fingerprint density at radius 1 is 0.941 bits per heavy atom. The molecule has 168 valence electrons. The molecule has 8 heteroatoms. The van der Waals surface area contributed by atoms with E-state index in [1.54, 1.807) is 36.4 Å². The van der Waals surface area contributed by atoms with Gasteiger partial charge in [-0.2, -0.15) is 5.26 Å². The zero-order valence-electron chi connectivity index (χ0n) is 17.9. The van der Waals surface area contributed by atoms with Gasteiger partial charge in [-0.15, -0.1) is 0 Å². The number of benzene rings is 3. The molecule has 0 saturated carbocycles. The first-order valence-corrected chi connectivity index (χ1v) is 10.5. The maximum atomic E-state index is 12.8. The molecule has 2 amide bonds. The van der Waals surface area contributed by atoms with E-state index in [9.17, 15) is 19.6 Å². The van der Waals surface area contributed by atoms with Crippen LogP contribution in [0.15, 0.2) is 54.6 Å². The van der Waals surface area contributed by atoms with Crippen molar-refractivity contribution in [3.05, 3.63) is 93.5 Å². The number of imide groups is 1. The summed E-state index contributed by atoms with van der Waals surface area (Å²) in [5, 5.41) is 9.71. The first kappa shape index (κ1) is 21.2. The quantitative estimate of drug-likeness (QED) is 0.429. The van der Waals surface area contributed by atoms with Crippen LogP contribution in [0.5, 0.6) is 11.5 Å². The van der Waals surface area contributed by atoms with Gasteiger partial charge >= 0.3 is 0 Å². The lowest BCUT2D eigenvalue weighted by Gasteiger charge is -2.22. The van der Waals surface area contributed by atoms with Crippen molar-refractivity contribution in [3.63, 3.8) is 0 Å². The van der Waals surface area contributed by atoms with Crippen LogP contribution in [-0.2, 0) is 35.9 Å². The summed E-state index contributed by atoms with van der Waals surface area (Å²) < 4.78 is 16.8. The first-order valence-electron chi connectivity index (χ1n) is 10.5. The van der Waals surface area contributed by atoms with Crippen molar-refractivity contribution in [2.45, 2.75) is 26.4 Å². The van der Waals surface area contributed by atoms with Gasteiger partial charge in [-0.3, -0.25) is 19.3 Å². The van der Waals surface area contributed by atoms with Gasteiger partial charge in [0, 0.05) is 6.07 Å². The summed E-state index contributed by atoms with van der Waals surface area (Å²) in [7, 11) is 0. The van der Waals surface area contributed by atoms with E-state index in [0.29, 0.717) is 40.2 Å². The molecule has 0 fully saturated rings. The maximum Gasteiger partial charge on any atom is 0.293 e. The number of fused-ring (bicyclic) bond motifs is 3. The van der Waals surface area contributed by atoms with Gasteiger partial charge in [0.25, 0.3) is 18.3 Å². The van der Waals surface area contributed by atoms with E-state index in [4.69, 9.17) is 14.2 Å². The molecule has 0 radical (unpaired) electrons. The molecule has 0 bridgehead atoms. The fraction of sp³-hybridized carbons (Fsp3) is 0.154. The normalized spacial score (nSPS) is 13.9. The molecule has 2 aliphatic heterocycles. The Balaban J connectivity index is 1.42. The molecular weight excluding hydrogens is 436 g/mol. The van der Waals surface area contributed by atoms with Gasteiger partial charge in [0.05, 0.1) is 29.3 Å². The Morgan fingerprint density at radius 3 is 2.29 bits per heavy atom. The predicted molar refractivity (Wildman–Crippen MR) is 118 cm³/mol. The van der Waals surface area contributed by atoms with Gasteiger partial charge in [-0.05, 0) is 46.5 Å². The molecule has 0 N–H and O–H groups in total. The van der Waals surface area contributed by atoms with Gasteiger partial charge < -0.3 is 14.2 Å². The fourth-order valence-electron chi connectivity index (χ4n) is 4.10. The molecule has 0 unspecified atom stereocenters. The van der Waals surface area contributed by atoms with Crippen molar-refractivity contribution < 1.29 is 28.6 Å². The largest absolute Gasteiger partial charge is 0.485 e. The summed E-state index contributed by atoms with van der Waals surface area (Å²) in [6, 6.07) is 17.6. The van der Waals surface area contributed by atoms with Crippen molar-refractivity contribution in [1.82, 2.24) is 4.90 Å². The fourth-order valence-corrected chi connectivity index (χ4v) is 4.10. The Hall–Kier alpha value is -4.64. The number of nitriles is 1. The molecule has 0 aromatic heterocycles. The molecule has 5 rings (SSSR count). The van der Waals surface area contributed by atoms with Gasteiger partial charge in [0.15, 0.2) is 11.5 Å². The number of carbonyl (C=O) groups is 3. The van der Waals surface area contributed by atoms with Crippen molar-refractivity contribution in [3.8, 4) is 17.6 Å². The van der Waals surface area contributed by atoms with Crippen LogP contribution in [0.2, 0.25) is 0 Å². The molecule has 2 heterocycles. The third kappa shape index (κ3) is 3.73. The third-order valence-electron chi connectivity index (χ3n) is 5.85. The van der Waals surface area contributed by atoms with Crippen molar-refractivity contribution in [2.24, 2.45) is 0 Å². The average Bonchev–Trinajstić information content (AvgIpc) is 3.09. The molecule has 0 spiro atoms. The highest BCUT2D eigenvalue weighted by atomic mass is 16.5. The molecule has 0 atom stereocenters. The Kier molecular flexibility index (Phi) is 5.44. The van der Waals surface area contributed by atoms with Crippen LogP contribution >= 0.6 is 0 Å². The van der Waals surface area contributed by atoms with Crippen molar-refractivity contribution in [1.29, 1.82) is 5.26 Å². The molecule has 3 aromatic rings. The molecular formula is C26H18N2O6. The number of amides is 2. The Bertz CT molecular complexity index is 1340. The second kappa shape index (κ2) is 8.71. The smallest absolute Gasteiger partial charge is 0.293 e. The number of hydrogen-bond donors (Lipinski definition) is 0. The zero-order valence-corrected chi connectivity index (χ0v) is 17.9. The maximum absolute atomic E-state index is 12.8. The second-order valence-corrected chi connectivity index (χ2v) is 7.90. The highest BCUT2D eigenvalue weighted by molar-refractivity contribution is 6.21. The monoisotopic (exact) mass is 454 g/mol. The zero-order chi connectivity index (χ0) is 23.7. The third-order valence-corrected chi connectivity index (χ3v) is 5.85. The summed E-state index contributed by atoms with van der Waals surface area (Å²) in [5.74, 6) is 0.0206. The Morgan fingerprint density at radius 2 is 1.62 bits per heavy atom. The van der Waals surface area contributed by atoms with E-state index < -0.39 is 11.8 Å². The SMILES string of the molecule is N#Cc1cc2c(cc1CN1C(=O)c3ccccc3C1=O)OCc1cc(COC=O)ccc1CO2. The summed E-state index contributed by atoms with van der Waals surface area (Å²) in [6.07, 6.45) is 0. The average molecular weight is 454 g/mol. The number of rotatable bonds is 5. The first-order chi connectivity index (χ1) is 16.6. The summed E-state index contributed by atoms with van der Waals surface area (Å²) in [5.41, 5.74) is 4.08. The van der Waals surface area contributed by atoms with Crippen LogP contribution in [0.25, 0.3) is 0 Å². The van der Waals surface area contributed by atoms with Crippen LogP contribution in [-0.4, -0.2) is 23.2 Å². The van der Waals surface area contributed by atoms with Crippen LogP contribution < -0.4 is 9.47 Å². The summed E-state index contributed by atoms with van der Waals surface area (Å²) in [4.78, 5) is 37.2. The predicted octanol–water partition coefficient (Wildman–Crippen LogP) is 3.50. The minimum Gasteiger partial charge on any atom is -0.485 e. The lowest BCUT2D eigenvalue weighted by Crippen LogP contribution is -2.29. The molecule has 2 aliphatic rings. The van der Waals surface area contributed by atoms with E-state index in [2.05, 4.69) is 6.07 Å². The second-order valence-electron chi connectivity index (χ2n) is 7.90. The topological polar surface area (TPSA) is 106 Å². The standard InChI is InChI=1S/C26H18N2O6/c27-10-18-8-23-24(34-14-20-7-16(12-32-15-29)5-6-17(20)13-33-23)9-19(18)11-28-25(30)21-3-1-2-4-22(21)26(28)31/h1-9,15H,11-14H2. The van der Waals surface area contributed by atoms with Crippen LogP contribution in [0, 0.1) is 11.3 Å². The minimum atomic E-state index is -0.396. The van der Waals surface area contributed by atoms with Gasteiger partial charge in [0.1, 0.15) is 19.8 Å². The van der Waals surface area contributed by atoms with Gasteiger partial charge in [-0.25, -0.2) is 0 Å². The lowest BCUT2D eigenvalue weighted by atomic mass is 10.0. The van der Waals surface area contributed by atoms with E-state index in [1.807, 2.05) is 18.2 Å². The highest BCUT2D eigenvalue weighted by Crippen LogP contribution is 2.36. The molecule has 0 saturated heterocycles. The van der Waals surface area contributed by atoms with Crippen molar-refractivity contribution >= 4 is 18.3 Å². The number of nitrogens with zero attached hydrogens (tertiary/aromatic N) is 2. The summed E-state index contributed by atoms with van der Waals surface area (Å²) >= 11 is 0. The number of carbonyl (C=O) groups excluding carboxylic acids is 3. The lowest BCUT2D eigenvalue weighted by molar-refractivity contribution is -0.129. The highest BCUT2D eigenvalue weighted by Gasteiger charge is 2.35. The van der Waals surface area contributed by atoms with E-state index >= 15 is 0 Å². The van der Waals surface area contributed by atoms with E-state index in [0.717, 1.165) is 21.6 Å². The Labute approximate surface area is 194 Å². The molecule has 34 heavy (non-hydrogen) atoms. The van der Waals surface area contributed by atoms with Crippen LogP contribution in [0.1, 0.15) is 48.5 Å². The minimum absolute atomic E-state index is 0.0599. The van der Waals surface area contributed by atoms with Crippen molar-refractivity contribution in [2.75, 3.05) is 0 Å². The van der Waals surface area contributed by atoms with E-state index in [1.165, 1.54) is 0 Å². The van der Waals surface area contributed by atoms with Gasteiger partial charge in [-0.1, -0.05) is 24.3 Å². The number of hydrogen-bond acceptors (Lipinski definition) is 7. The van der Waals surface area contributed by atoms with Gasteiger partial charge in [0.2, 0.25) is 0 Å². The molecule has 3 aromatic carbocycles. The van der Waals surface area contributed by atoms with Crippen LogP contribution in [0.3, 0.4) is 0 Å². The molecule has 8 nitrogen and oxygen atoms in total.